The fourth-order valence-electron chi connectivity index (χ4n) is 3.38. The third-order valence-electron chi connectivity index (χ3n) is 4.70. The Balaban J connectivity index is 1.66. The van der Waals surface area contributed by atoms with Crippen LogP contribution in [0.5, 0.6) is 0 Å². The number of aryl methyl sites for hydroxylation is 1. The summed E-state index contributed by atoms with van der Waals surface area (Å²) in [5.41, 5.74) is 2.21. The number of piperidine rings is 1. The first kappa shape index (κ1) is 16.8. The second-order valence-corrected chi connectivity index (χ2v) is 6.19. The Morgan fingerprint density at radius 3 is 2.79 bits per heavy atom. The van der Waals surface area contributed by atoms with Crippen molar-refractivity contribution in [2.45, 2.75) is 26.3 Å². The van der Waals surface area contributed by atoms with Crippen LogP contribution in [0.25, 0.3) is 11.0 Å². The van der Waals surface area contributed by atoms with E-state index < -0.39 is 0 Å². The Labute approximate surface area is 142 Å². The molecule has 6 heteroatoms. The highest BCUT2D eigenvalue weighted by Crippen LogP contribution is 2.26. The van der Waals surface area contributed by atoms with Crippen molar-refractivity contribution in [3.8, 4) is 0 Å². The minimum absolute atomic E-state index is 0.0950. The molecule has 0 aliphatic carbocycles. The summed E-state index contributed by atoms with van der Waals surface area (Å²) in [5, 5.41) is 2.95. The van der Waals surface area contributed by atoms with Crippen LogP contribution in [0, 0.1) is 5.92 Å². The van der Waals surface area contributed by atoms with Crippen molar-refractivity contribution in [3.63, 3.8) is 0 Å². The molecule has 0 saturated carbocycles. The quantitative estimate of drug-likeness (QED) is 0.824. The highest BCUT2D eigenvalue weighted by molar-refractivity contribution is 5.80. The van der Waals surface area contributed by atoms with Crippen LogP contribution in [0.3, 0.4) is 0 Å². The lowest BCUT2D eigenvalue weighted by Crippen LogP contribution is -2.42. The van der Waals surface area contributed by atoms with Gasteiger partial charge in [-0.2, -0.15) is 0 Å². The SMILES string of the molecule is CCn1c(N2CCC(C(=O)NCCOC)CC2)nc2ccccc21. The molecule has 0 bridgehead atoms. The number of fused-ring (bicyclic) bond motifs is 1. The van der Waals surface area contributed by atoms with E-state index in [1.807, 2.05) is 6.07 Å². The predicted octanol–water partition coefficient (Wildman–Crippen LogP) is 2.04. The van der Waals surface area contributed by atoms with Gasteiger partial charge in [0.2, 0.25) is 11.9 Å². The number of carbonyl (C=O) groups excluding carboxylic acids is 1. The van der Waals surface area contributed by atoms with Crippen LogP contribution >= 0.6 is 0 Å². The molecule has 2 heterocycles. The van der Waals surface area contributed by atoms with Gasteiger partial charge in [0, 0.05) is 39.2 Å². The number of hydrogen-bond donors (Lipinski definition) is 1. The Bertz CT molecular complexity index is 689. The fraction of sp³-hybridized carbons (Fsp3) is 0.556. The van der Waals surface area contributed by atoms with Crippen molar-refractivity contribution in [3.05, 3.63) is 24.3 Å². The molecule has 2 aromatic rings. The van der Waals surface area contributed by atoms with Crippen molar-refractivity contribution in [2.75, 3.05) is 38.3 Å². The maximum atomic E-state index is 12.2. The number of hydrogen-bond acceptors (Lipinski definition) is 4. The molecule has 1 aliphatic heterocycles. The zero-order chi connectivity index (χ0) is 16.9. The van der Waals surface area contributed by atoms with Gasteiger partial charge in [-0.1, -0.05) is 12.1 Å². The number of nitrogens with one attached hydrogen (secondary N) is 1. The van der Waals surface area contributed by atoms with Crippen molar-refractivity contribution < 1.29 is 9.53 Å². The first-order valence-corrected chi connectivity index (χ1v) is 8.71. The normalized spacial score (nSPS) is 15.8. The van der Waals surface area contributed by atoms with Crippen LogP contribution in [-0.4, -0.2) is 48.8 Å². The molecule has 0 unspecified atom stereocenters. The lowest BCUT2D eigenvalue weighted by Gasteiger charge is -2.32. The van der Waals surface area contributed by atoms with Gasteiger partial charge in [-0.3, -0.25) is 4.79 Å². The van der Waals surface area contributed by atoms with Crippen LogP contribution in [-0.2, 0) is 16.1 Å². The molecular weight excluding hydrogens is 304 g/mol. The highest BCUT2D eigenvalue weighted by atomic mass is 16.5. The molecule has 0 radical (unpaired) electrons. The number of anilines is 1. The molecule has 24 heavy (non-hydrogen) atoms. The van der Waals surface area contributed by atoms with Crippen LogP contribution in [0.4, 0.5) is 5.95 Å². The molecule has 0 spiro atoms. The van der Waals surface area contributed by atoms with Crippen LogP contribution < -0.4 is 10.2 Å². The van der Waals surface area contributed by atoms with Crippen molar-refractivity contribution >= 4 is 22.9 Å². The average molecular weight is 330 g/mol. The molecule has 1 fully saturated rings. The molecule has 3 rings (SSSR count). The minimum Gasteiger partial charge on any atom is -0.383 e. The van der Waals surface area contributed by atoms with Crippen LogP contribution in [0.15, 0.2) is 24.3 Å². The van der Waals surface area contributed by atoms with Crippen molar-refractivity contribution in [1.29, 1.82) is 0 Å². The van der Waals surface area contributed by atoms with E-state index in [0.717, 1.165) is 43.9 Å². The monoisotopic (exact) mass is 330 g/mol. The molecule has 1 saturated heterocycles. The lowest BCUT2D eigenvalue weighted by atomic mass is 9.96. The maximum Gasteiger partial charge on any atom is 0.223 e. The van der Waals surface area contributed by atoms with Gasteiger partial charge < -0.3 is 19.5 Å². The second kappa shape index (κ2) is 7.66. The standard InChI is InChI=1S/C18H26N4O2/c1-3-22-16-7-5-4-6-15(16)20-18(22)21-11-8-14(9-12-21)17(23)19-10-13-24-2/h4-7,14H,3,8-13H2,1-2H3,(H,19,23). The summed E-state index contributed by atoms with van der Waals surface area (Å²) in [6.45, 7) is 5.92. The van der Waals surface area contributed by atoms with E-state index in [0.29, 0.717) is 13.2 Å². The molecule has 1 aliphatic rings. The molecule has 1 N–H and O–H groups in total. The van der Waals surface area contributed by atoms with Crippen LogP contribution in [0.1, 0.15) is 19.8 Å². The molecule has 6 nitrogen and oxygen atoms in total. The van der Waals surface area contributed by atoms with Crippen molar-refractivity contribution in [2.24, 2.45) is 5.92 Å². The first-order valence-electron chi connectivity index (χ1n) is 8.71. The van der Waals surface area contributed by atoms with Gasteiger partial charge in [0.1, 0.15) is 0 Å². The number of amides is 1. The molecule has 1 amide bonds. The number of imidazole rings is 1. The first-order chi connectivity index (χ1) is 11.7. The summed E-state index contributed by atoms with van der Waals surface area (Å²) in [6.07, 6.45) is 1.73. The van der Waals surface area contributed by atoms with E-state index >= 15 is 0 Å². The van der Waals surface area contributed by atoms with E-state index in [4.69, 9.17) is 9.72 Å². The highest BCUT2D eigenvalue weighted by Gasteiger charge is 2.27. The van der Waals surface area contributed by atoms with Gasteiger partial charge in [-0.25, -0.2) is 4.98 Å². The minimum atomic E-state index is 0.0950. The zero-order valence-electron chi connectivity index (χ0n) is 14.5. The number of methoxy groups -OCH3 is 1. The Morgan fingerprint density at radius 2 is 2.08 bits per heavy atom. The summed E-state index contributed by atoms with van der Waals surface area (Å²) >= 11 is 0. The van der Waals surface area contributed by atoms with E-state index in [9.17, 15) is 4.79 Å². The smallest absolute Gasteiger partial charge is 0.223 e. The van der Waals surface area contributed by atoms with Gasteiger partial charge >= 0.3 is 0 Å². The largest absolute Gasteiger partial charge is 0.383 e. The number of benzene rings is 1. The topological polar surface area (TPSA) is 59.4 Å². The molecule has 1 aromatic carbocycles. The Hall–Kier alpha value is -2.08. The Morgan fingerprint density at radius 1 is 1.33 bits per heavy atom. The number of para-hydroxylation sites is 2. The number of carbonyl (C=O) groups is 1. The number of nitrogens with zero attached hydrogens (tertiary/aromatic N) is 3. The van der Waals surface area contributed by atoms with Gasteiger partial charge in [-0.15, -0.1) is 0 Å². The van der Waals surface area contributed by atoms with E-state index in [-0.39, 0.29) is 11.8 Å². The number of ether oxygens (including phenoxy) is 1. The van der Waals surface area contributed by atoms with Gasteiger partial charge in [0.25, 0.3) is 0 Å². The number of rotatable bonds is 6. The maximum absolute atomic E-state index is 12.2. The lowest BCUT2D eigenvalue weighted by molar-refractivity contribution is -0.125. The molecule has 1 aromatic heterocycles. The summed E-state index contributed by atoms with van der Waals surface area (Å²) in [4.78, 5) is 19.3. The van der Waals surface area contributed by atoms with Crippen LogP contribution in [0.2, 0.25) is 0 Å². The third kappa shape index (κ3) is 3.38. The summed E-state index contributed by atoms with van der Waals surface area (Å²) in [6, 6.07) is 8.25. The zero-order valence-corrected chi connectivity index (χ0v) is 14.5. The number of aromatic nitrogens is 2. The molecule has 130 valence electrons. The Kier molecular flexibility index (Phi) is 5.35. The van der Waals surface area contributed by atoms with E-state index in [1.165, 1.54) is 5.52 Å². The summed E-state index contributed by atoms with van der Waals surface area (Å²) in [7, 11) is 1.64. The van der Waals surface area contributed by atoms with E-state index in [1.54, 1.807) is 7.11 Å². The van der Waals surface area contributed by atoms with Gasteiger partial charge in [0.05, 0.1) is 17.6 Å². The summed E-state index contributed by atoms with van der Waals surface area (Å²) in [5.74, 6) is 1.27. The fourth-order valence-corrected chi connectivity index (χ4v) is 3.38. The molecular formula is C18H26N4O2. The average Bonchev–Trinajstić information content (AvgIpc) is 3.00. The molecule has 0 atom stereocenters. The van der Waals surface area contributed by atoms with Gasteiger partial charge in [0.15, 0.2) is 0 Å². The van der Waals surface area contributed by atoms with Gasteiger partial charge in [-0.05, 0) is 31.9 Å². The second-order valence-electron chi connectivity index (χ2n) is 6.19. The van der Waals surface area contributed by atoms with Crippen molar-refractivity contribution in [1.82, 2.24) is 14.9 Å². The predicted molar refractivity (Wildman–Crippen MR) is 95.2 cm³/mol. The summed E-state index contributed by atoms with van der Waals surface area (Å²) < 4.78 is 7.23. The third-order valence-corrected chi connectivity index (χ3v) is 4.70. The van der Waals surface area contributed by atoms with E-state index in [2.05, 4.69) is 39.9 Å².